The minimum Gasteiger partial charge on any atom is -0.481 e. The Balaban J connectivity index is 2.14. The smallest absolute Gasteiger partial charge is 0.308 e. The predicted octanol–water partition coefficient (Wildman–Crippen LogP) is 1.65. The predicted molar refractivity (Wildman–Crippen MR) is 87.9 cm³/mol. The van der Waals surface area contributed by atoms with Crippen molar-refractivity contribution in [2.75, 3.05) is 20.1 Å². The van der Waals surface area contributed by atoms with Gasteiger partial charge in [-0.05, 0) is 17.4 Å². The van der Waals surface area contributed by atoms with Crippen LogP contribution in [0.15, 0.2) is 30.3 Å². The Bertz CT molecular complexity index is 645. The summed E-state index contributed by atoms with van der Waals surface area (Å²) in [7, 11) is -2.14. The highest BCUT2D eigenvalue weighted by molar-refractivity contribution is 7.86. The molecular formula is C16H24N2O4S. The van der Waals surface area contributed by atoms with Gasteiger partial charge in [-0.25, -0.2) is 0 Å². The van der Waals surface area contributed by atoms with Crippen LogP contribution in [0.2, 0.25) is 0 Å². The number of carboxylic acids is 1. The zero-order valence-corrected chi connectivity index (χ0v) is 14.5. The minimum absolute atomic E-state index is 0.0413. The van der Waals surface area contributed by atoms with Gasteiger partial charge in [0.1, 0.15) is 0 Å². The molecule has 0 spiro atoms. The molecule has 1 fully saturated rings. The first-order valence-electron chi connectivity index (χ1n) is 7.71. The highest BCUT2D eigenvalue weighted by Gasteiger charge is 2.44. The molecule has 0 radical (unpaired) electrons. The number of benzene rings is 1. The number of nitrogens with zero attached hydrogens (tertiary/aromatic N) is 2. The average Bonchev–Trinajstić information content (AvgIpc) is 2.94. The quantitative estimate of drug-likeness (QED) is 0.854. The van der Waals surface area contributed by atoms with Crippen molar-refractivity contribution in [2.24, 2.45) is 17.8 Å². The summed E-state index contributed by atoms with van der Waals surface area (Å²) in [5, 5.41) is 9.35. The number of hydrogen-bond donors (Lipinski definition) is 1. The van der Waals surface area contributed by atoms with E-state index < -0.39 is 22.1 Å². The molecule has 1 aliphatic rings. The van der Waals surface area contributed by atoms with Crippen LogP contribution in [0.1, 0.15) is 19.4 Å². The molecule has 6 nitrogen and oxygen atoms in total. The summed E-state index contributed by atoms with van der Waals surface area (Å²) in [6.45, 7) is 4.44. The molecule has 1 N–H and O–H groups in total. The van der Waals surface area contributed by atoms with Crippen LogP contribution < -0.4 is 0 Å². The van der Waals surface area contributed by atoms with Gasteiger partial charge < -0.3 is 5.11 Å². The summed E-state index contributed by atoms with van der Waals surface area (Å²) in [6, 6.07) is 9.34. The molecule has 0 unspecified atom stereocenters. The Morgan fingerprint density at radius 2 is 1.91 bits per heavy atom. The van der Waals surface area contributed by atoms with Gasteiger partial charge in [0, 0.05) is 26.7 Å². The SMILES string of the molecule is CC(C)[C@@H]1CN(S(=O)(=O)N(C)Cc2ccccc2)C[C@H]1C(=O)O. The van der Waals surface area contributed by atoms with Crippen molar-refractivity contribution in [1.29, 1.82) is 0 Å². The van der Waals surface area contributed by atoms with Crippen LogP contribution in [-0.2, 0) is 21.5 Å². The van der Waals surface area contributed by atoms with E-state index in [2.05, 4.69) is 0 Å². The molecule has 2 rings (SSSR count). The summed E-state index contributed by atoms with van der Waals surface area (Å²) in [4.78, 5) is 11.4. The first-order valence-corrected chi connectivity index (χ1v) is 9.11. The van der Waals surface area contributed by atoms with E-state index in [4.69, 9.17) is 0 Å². The highest BCUT2D eigenvalue weighted by Crippen LogP contribution is 2.32. The molecule has 0 aliphatic carbocycles. The zero-order chi connectivity index (χ0) is 17.2. The lowest BCUT2D eigenvalue weighted by molar-refractivity contribution is -0.142. The normalized spacial score (nSPS) is 22.8. The van der Waals surface area contributed by atoms with E-state index in [1.54, 1.807) is 0 Å². The largest absolute Gasteiger partial charge is 0.481 e. The highest BCUT2D eigenvalue weighted by atomic mass is 32.2. The molecule has 7 heteroatoms. The second kappa shape index (κ2) is 6.98. The standard InChI is InChI=1S/C16H24N2O4S/c1-12(2)14-10-18(11-15(14)16(19)20)23(21,22)17(3)9-13-7-5-4-6-8-13/h4-8,12,14-15H,9-11H2,1-3H3,(H,19,20)/t14-,15+/m0/s1. The topological polar surface area (TPSA) is 77.9 Å². The molecule has 0 saturated carbocycles. The molecule has 1 aromatic rings. The fourth-order valence-electron chi connectivity index (χ4n) is 3.04. The van der Waals surface area contributed by atoms with Gasteiger partial charge in [0.05, 0.1) is 5.92 Å². The molecule has 0 amide bonds. The van der Waals surface area contributed by atoms with Gasteiger partial charge in [0.2, 0.25) is 0 Å². The van der Waals surface area contributed by atoms with Crippen LogP contribution in [-0.4, -0.2) is 48.2 Å². The molecule has 0 bridgehead atoms. The molecular weight excluding hydrogens is 316 g/mol. The van der Waals surface area contributed by atoms with Gasteiger partial charge >= 0.3 is 5.97 Å². The monoisotopic (exact) mass is 340 g/mol. The van der Waals surface area contributed by atoms with Gasteiger partial charge in [0.15, 0.2) is 0 Å². The van der Waals surface area contributed by atoms with E-state index in [1.807, 2.05) is 44.2 Å². The summed E-state index contributed by atoms with van der Waals surface area (Å²) >= 11 is 0. The Morgan fingerprint density at radius 3 is 2.39 bits per heavy atom. The maximum absolute atomic E-state index is 12.7. The Labute approximate surface area is 137 Å². The molecule has 2 atom stereocenters. The maximum Gasteiger partial charge on any atom is 0.308 e. The van der Waals surface area contributed by atoms with E-state index in [0.717, 1.165) is 5.56 Å². The summed E-state index contributed by atoms with van der Waals surface area (Å²) in [5.41, 5.74) is 0.896. The third-order valence-electron chi connectivity index (χ3n) is 4.47. The van der Waals surface area contributed by atoms with Gasteiger partial charge in [0.25, 0.3) is 10.2 Å². The van der Waals surface area contributed by atoms with Gasteiger partial charge in [-0.1, -0.05) is 44.2 Å². The molecule has 1 aromatic carbocycles. The number of aliphatic carboxylic acids is 1. The van der Waals surface area contributed by atoms with Gasteiger partial charge in [-0.3, -0.25) is 4.79 Å². The summed E-state index contributed by atoms with van der Waals surface area (Å²) < 4.78 is 28.1. The lowest BCUT2D eigenvalue weighted by atomic mass is 9.86. The van der Waals surface area contributed by atoms with Crippen molar-refractivity contribution >= 4 is 16.2 Å². The number of hydrogen-bond acceptors (Lipinski definition) is 3. The van der Waals surface area contributed by atoms with Crippen molar-refractivity contribution in [3.63, 3.8) is 0 Å². The van der Waals surface area contributed by atoms with Crippen LogP contribution >= 0.6 is 0 Å². The van der Waals surface area contributed by atoms with E-state index in [9.17, 15) is 18.3 Å². The third-order valence-corrected chi connectivity index (χ3v) is 6.34. The fraction of sp³-hybridized carbons (Fsp3) is 0.562. The van der Waals surface area contributed by atoms with Crippen LogP contribution in [0.25, 0.3) is 0 Å². The van der Waals surface area contributed by atoms with Crippen LogP contribution in [0.3, 0.4) is 0 Å². The molecule has 1 heterocycles. The van der Waals surface area contributed by atoms with Crippen molar-refractivity contribution < 1.29 is 18.3 Å². The van der Waals surface area contributed by atoms with E-state index in [-0.39, 0.29) is 31.5 Å². The summed E-state index contributed by atoms with van der Waals surface area (Å²) in [5.74, 6) is -1.61. The molecule has 1 saturated heterocycles. The summed E-state index contributed by atoms with van der Waals surface area (Å²) in [6.07, 6.45) is 0. The lowest BCUT2D eigenvalue weighted by Gasteiger charge is -2.24. The van der Waals surface area contributed by atoms with Crippen molar-refractivity contribution in [1.82, 2.24) is 8.61 Å². The zero-order valence-electron chi connectivity index (χ0n) is 13.7. The van der Waals surface area contributed by atoms with Crippen LogP contribution in [0.5, 0.6) is 0 Å². The van der Waals surface area contributed by atoms with Gasteiger partial charge in [-0.2, -0.15) is 17.0 Å². The first-order chi connectivity index (χ1) is 10.7. The van der Waals surface area contributed by atoms with Crippen molar-refractivity contribution in [2.45, 2.75) is 20.4 Å². The van der Waals surface area contributed by atoms with Crippen LogP contribution in [0, 0.1) is 17.8 Å². The number of rotatable bonds is 6. The van der Waals surface area contributed by atoms with E-state index in [1.165, 1.54) is 15.7 Å². The maximum atomic E-state index is 12.7. The second-order valence-corrected chi connectivity index (χ2v) is 8.45. The molecule has 0 aromatic heterocycles. The third kappa shape index (κ3) is 3.91. The second-order valence-electron chi connectivity index (χ2n) is 6.42. The van der Waals surface area contributed by atoms with E-state index in [0.29, 0.717) is 0 Å². The van der Waals surface area contributed by atoms with Gasteiger partial charge in [-0.15, -0.1) is 0 Å². The number of carboxylic acid groups (broad SMARTS) is 1. The molecule has 1 aliphatic heterocycles. The van der Waals surface area contributed by atoms with Crippen LogP contribution in [0.4, 0.5) is 0 Å². The van der Waals surface area contributed by atoms with Crippen molar-refractivity contribution in [3.8, 4) is 0 Å². The molecule has 128 valence electrons. The lowest BCUT2D eigenvalue weighted by Crippen LogP contribution is -2.40. The average molecular weight is 340 g/mol. The first kappa shape index (κ1) is 17.9. The fourth-order valence-corrected chi connectivity index (χ4v) is 4.45. The Kier molecular flexibility index (Phi) is 5.44. The van der Waals surface area contributed by atoms with E-state index >= 15 is 0 Å². The number of carbonyl (C=O) groups is 1. The van der Waals surface area contributed by atoms with Crippen molar-refractivity contribution in [3.05, 3.63) is 35.9 Å². The Morgan fingerprint density at radius 1 is 1.30 bits per heavy atom. The Hall–Kier alpha value is -1.44. The minimum atomic E-state index is -3.67. The molecule has 23 heavy (non-hydrogen) atoms.